The molecule has 0 amide bonds. The lowest BCUT2D eigenvalue weighted by Crippen LogP contribution is -2.53. The average molecular weight is 421 g/mol. The lowest BCUT2D eigenvalue weighted by molar-refractivity contribution is 0.293. The van der Waals surface area contributed by atoms with Crippen molar-refractivity contribution in [3.05, 3.63) is 16.3 Å². The van der Waals surface area contributed by atoms with Crippen molar-refractivity contribution in [2.75, 3.05) is 31.9 Å². The van der Waals surface area contributed by atoms with Crippen LogP contribution in [0.4, 0.5) is 0 Å². The molecule has 0 aromatic carbocycles. The predicted molar refractivity (Wildman–Crippen MR) is 120 cm³/mol. The Hall–Kier alpha value is -1.44. The van der Waals surface area contributed by atoms with Crippen molar-refractivity contribution >= 4 is 17.7 Å². The summed E-state index contributed by atoms with van der Waals surface area (Å²) in [5.41, 5.74) is 0.0582. The largest absolute Gasteiger partial charge is 0.357 e. The molecule has 0 unspecified atom stereocenters. The van der Waals surface area contributed by atoms with Crippen LogP contribution >= 0.6 is 11.8 Å². The first-order valence-electron chi connectivity index (χ1n) is 11.5. The third kappa shape index (κ3) is 4.84. The maximum Gasteiger partial charge on any atom is 0.345 e. The molecule has 7 nitrogen and oxygen atoms in total. The maximum atomic E-state index is 12.5. The van der Waals surface area contributed by atoms with Crippen LogP contribution in [0.25, 0.3) is 0 Å². The number of nitrogens with one attached hydrogen (secondary N) is 1. The summed E-state index contributed by atoms with van der Waals surface area (Å²) in [6.07, 6.45) is 10.8. The normalized spacial score (nSPS) is 22.0. The highest BCUT2D eigenvalue weighted by atomic mass is 32.2. The van der Waals surface area contributed by atoms with Gasteiger partial charge in [0.05, 0.1) is 0 Å². The van der Waals surface area contributed by atoms with Crippen molar-refractivity contribution in [3.63, 3.8) is 0 Å². The molecule has 3 heterocycles. The van der Waals surface area contributed by atoms with Gasteiger partial charge in [-0.1, -0.05) is 19.3 Å². The molecule has 1 aromatic rings. The highest BCUT2D eigenvalue weighted by molar-refractivity contribution is 8.00. The zero-order valence-corrected chi connectivity index (χ0v) is 18.7. The molecule has 0 radical (unpaired) electrons. The minimum absolute atomic E-state index is 0.0582. The van der Waals surface area contributed by atoms with E-state index in [1.54, 1.807) is 4.68 Å². The molecule has 162 valence electrons. The van der Waals surface area contributed by atoms with Crippen molar-refractivity contribution in [1.29, 1.82) is 0 Å². The lowest BCUT2D eigenvalue weighted by Gasteiger charge is -2.45. The molecule has 3 aliphatic rings. The molecule has 0 bridgehead atoms. The van der Waals surface area contributed by atoms with E-state index < -0.39 is 0 Å². The van der Waals surface area contributed by atoms with Gasteiger partial charge in [0.1, 0.15) is 5.82 Å². The van der Waals surface area contributed by atoms with Crippen LogP contribution in [0, 0.1) is 0 Å². The fourth-order valence-electron chi connectivity index (χ4n) is 4.95. The molecule has 1 spiro atoms. The van der Waals surface area contributed by atoms with Gasteiger partial charge in [-0.05, 0) is 39.0 Å². The maximum absolute atomic E-state index is 12.5. The van der Waals surface area contributed by atoms with Gasteiger partial charge in [0, 0.05) is 56.2 Å². The number of guanidine groups is 1. The van der Waals surface area contributed by atoms with Crippen LogP contribution in [0.1, 0.15) is 64.1 Å². The number of nitrogens with zero attached hydrogens (tertiary/aromatic N) is 5. The number of aromatic nitrogens is 3. The van der Waals surface area contributed by atoms with E-state index in [9.17, 15) is 4.79 Å². The summed E-state index contributed by atoms with van der Waals surface area (Å²) < 4.78 is 3.94. The Morgan fingerprint density at radius 2 is 2.07 bits per heavy atom. The topological polar surface area (TPSA) is 67.5 Å². The second-order valence-corrected chi connectivity index (χ2v) is 10.2. The van der Waals surface area contributed by atoms with E-state index in [0.29, 0.717) is 11.3 Å². The van der Waals surface area contributed by atoms with Gasteiger partial charge in [-0.3, -0.25) is 9.56 Å². The van der Waals surface area contributed by atoms with Gasteiger partial charge in [0.2, 0.25) is 0 Å². The Bertz CT molecular complexity index is 758. The minimum atomic E-state index is 0.0582. The summed E-state index contributed by atoms with van der Waals surface area (Å²) in [6, 6.07) is 0. The average Bonchev–Trinajstić information content (AvgIpc) is 3.07. The Labute approximate surface area is 178 Å². The highest BCUT2D eigenvalue weighted by Gasteiger charge is 2.38. The molecule has 1 N–H and O–H groups in total. The van der Waals surface area contributed by atoms with Crippen molar-refractivity contribution in [3.8, 4) is 0 Å². The molecule has 1 aromatic heterocycles. The van der Waals surface area contributed by atoms with Crippen LogP contribution < -0.4 is 11.0 Å². The number of thioether (sulfide) groups is 1. The number of fused-ring (bicyclic) bond motifs is 1. The fourth-order valence-corrected chi connectivity index (χ4v) is 6.52. The van der Waals surface area contributed by atoms with Gasteiger partial charge in [0.25, 0.3) is 0 Å². The zero-order chi connectivity index (χ0) is 20.1. The van der Waals surface area contributed by atoms with Gasteiger partial charge in [-0.15, -0.1) is 0 Å². The third-order valence-electron chi connectivity index (χ3n) is 6.47. The first-order chi connectivity index (χ1) is 14.2. The van der Waals surface area contributed by atoms with Gasteiger partial charge < -0.3 is 10.2 Å². The molecule has 1 aliphatic carbocycles. The molecule has 2 aliphatic heterocycles. The first kappa shape index (κ1) is 20.8. The van der Waals surface area contributed by atoms with Crippen LogP contribution in [0.5, 0.6) is 0 Å². The van der Waals surface area contributed by atoms with E-state index in [1.165, 1.54) is 37.9 Å². The zero-order valence-electron chi connectivity index (χ0n) is 17.9. The summed E-state index contributed by atoms with van der Waals surface area (Å²) in [4.78, 5) is 19.9. The lowest BCUT2D eigenvalue weighted by atomic mass is 9.87. The SMILES string of the molecule is CCNC(=NCCCn1nc2n(c1=O)CCCC2)N1CCSC2(CCCCC2)C1. The molecule has 4 rings (SSSR count). The summed E-state index contributed by atoms with van der Waals surface area (Å²) >= 11 is 2.19. The quantitative estimate of drug-likeness (QED) is 0.450. The van der Waals surface area contributed by atoms with Crippen LogP contribution in [0.3, 0.4) is 0 Å². The number of hydrogen-bond acceptors (Lipinski definition) is 4. The van der Waals surface area contributed by atoms with Gasteiger partial charge in [-0.25, -0.2) is 9.48 Å². The Kier molecular flexibility index (Phi) is 6.88. The van der Waals surface area contributed by atoms with E-state index in [0.717, 1.165) is 70.2 Å². The molecule has 1 saturated heterocycles. The van der Waals surface area contributed by atoms with Crippen molar-refractivity contribution in [2.24, 2.45) is 4.99 Å². The van der Waals surface area contributed by atoms with E-state index in [-0.39, 0.29) is 5.69 Å². The van der Waals surface area contributed by atoms with Gasteiger partial charge >= 0.3 is 5.69 Å². The van der Waals surface area contributed by atoms with Gasteiger partial charge in [-0.2, -0.15) is 16.9 Å². The van der Waals surface area contributed by atoms with Crippen LogP contribution in [0.2, 0.25) is 0 Å². The Morgan fingerprint density at radius 3 is 2.86 bits per heavy atom. The van der Waals surface area contributed by atoms with E-state index in [1.807, 2.05) is 4.57 Å². The third-order valence-corrected chi connectivity index (χ3v) is 8.01. The summed E-state index contributed by atoms with van der Waals surface area (Å²) in [5.74, 6) is 3.20. The fraction of sp³-hybridized carbons (Fsp3) is 0.857. The van der Waals surface area contributed by atoms with Crippen LogP contribution in [-0.2, 0) is 19.5 Å². The molecule has 0 atom stereocenters. The number of hydrogen-bond donors (Lipinski definition) is 1. The van der Waals surface area contributed by atoms with Crippen molar-refractivity contribution < 1.29 is 0 Å². The van der Waals surface area contributed by atoms with E-state index >= 15 is 0 Å². The minimum Gasteiger partial charge on any atom is -0.357 e. The van der Waals surface area contributed by atoms with E-state index in [2.05, 4.69) is 34.0 Å². The first-order valence-corrected chi connectivity index (χ1v) is 12.5. The second-order valence-electron chi connectivity index (χ2n) is 8.63. The summed E-state index contributed by atoms with van der Waals surface area (Å²) in [7, 11) is 0. The second kappa shape index (κ2) is 9.58. The van der Waals surface area contributed by atoms with E-state index in [4.69, 9.17) is 4.99 Å². The van der Waals surface area contributed by atoms with Crippen molar-refractivity contribution in [1.82, 2.24) is 24.6 Å². The highest BCUT2D eigenvalue weighted by Crippen LogP contribution is 2.42. The van der Waals surface area contributed by atoms with Crippen LogP contribution in [-0.4, -0.2) is 61.9 Å². The molecule has 1 saturated carbocycles. The molecular formula is C21H36N6OS. The van der Waals surface area contributed by atoms with Crippen LogP contribution in [0.15, 0.2) is 9.79 Å². The predicted octanol–water partition coefficient (Wildman–Crippen LogP) is 2.49. The van der Waals surface area contributed by atoms with Crippen molar-refractivity contribution in [2.45, 2.75) is 82.5 Å². The molecule has 8 heteroatoms. The summed E-state index contributed by atoms with van der Waals surface area (Å²) in [6.45, 7) is 7.44. The molecule has 29 heavy (non-hydrogen) atoms. The standard InChI is InChI=1S/C21H36N6OS/c1-2-22-19(25-15-16-29-21(17-25)10-5-3-6-11-21)23-12-8-14-27-20(28)26-13-7-4-9-18(26)24-27/h2-17H2,1H3,(H,22,23). The number of rotatable bonds is 5. The Balaban J connectivity index is 1.35. The molecule has 2 fully saturated rings. The summed E-state index contributed by atoms with van der Waals surface area (Å²) in [5, 5.41) is 8.04. The number of aryl methyl sites for hydroxylation is 2. The number of aliphatic imine (C=N–C) groups is 1. The smallest absolute Gasteiger partial charge is 0.345 e. The monoisotopic (exact) mass is 420 g/mol. The van der Waals surface area contributed by atoms with Gasteiger partial charge in [0.15, 0.2) is 5.96 Å². The Morgan fingerprint density at radius 1 is 1.21 bits per heavy atom. The molecular weight excluding hydrogens is 384 g/mol.